The molecule has 5 nitrogen and oxygen atoms in total. The minimum absolute atomic E-state index is 0.122. The maximum atomic E-state index is 13.5. The van der Waals surface area contributed by atoms with E-state index in [1.165, 1.54) is 0 Å². The first-order chi connectivity index (χ1) is 16.5. The number of ketones is 1. The predicted octanol–water partition coefficient (Wildman–Crippen LogP) is 6.14. The standard InChI is InChI=1S/C29H28N4O/c1-20-14-23(16-25-18-32(30-21(25)2)27-10-6-4-7-11-27)29(34)24(15-20)17-26-19-33(31-22(26)3)28-12-8-5-9-13-28/h4-13,16-20H,14-15H2,1-3H3/b23-16-,24-17-. The van der Waals surface area contributed by atoms with Gasteiger partial charge < -0.3 is 0 Å². The van der Waals surface area contributed by atoms with Crippen molar-refractivity contribution >= 4 is 17.9 Å². The van der Waals surface area contributed by atoms with Gasteiger partial charge in [0.25, 0.3) is 0 Å². The first-order valence-electron chi connectivity index (χ1n) is 11.7. The Hall–Kier alpha value is -3.99. The SMILES string of the molecule is Cc1nn(-c2ccccc2)cc1/C=C1/CC(C)C/C(=C/c2cn(-c3ccccc3)nc2C)C1=O. The molecule has 0 unspecified atom stereocenters. The van der Waals surface area contributed by atoms with Gasteiger partial charge in [0.05, 0.1) is 22.8 Å². The average molecular weight is 449 g/mol. The molecule has 0 spiro atoms. The number of rotatable bonds is 4. The zero-order chi connectivity index (χ0) is 23.7. The van der Waals surface area contributed by atoms with Crippen molar-refractivity contribution in [3.05, 3.63) is 107 Å². The number of nitrogens with zero attached hydrogens (tertiary/aromatic N) is 4. The van der Waals surface area contributed by atoms with Crippen molar-refractivity contribution in [2.24, 2.45) is 5.92 Å². The number of aryl methyl sites for hydroxylation is 2. The second kappa shape index (κ2) is 9.10. The lowest BCUT2D eigenvalue weighted by molar-refractivity contribution is -0.113. The summed E-state index contributed by atoms with van der Waals surface area (Å²) in [5, 5.41) is 9.31. The third kappa shape index (κ3) is 4.42. The number of hydrogen-bond acceptors (Lipinski definition) is 3. The molecule has 0 atom stereocenters. The number of benzene rings is 2. The van der Waals surface area contributed by atoms with Crippen LogP contribution in [0.5, 0.6) is 0 Å². The molecule has 34 heavy (non-hydrogen) atoms. The maximum Gasteiger partial charge on any atom is 0.185 e. The van der Waals surface area contributed by atoms with E-state index < -0.39 is 0 Å². The van der Waals surface area contributed by atoms with Gasteiger partial charge in [-0.25, -0.2) is 9.36 Å². The van der Waals surface area contributed by atoms with Crippen molar-refractivity contribution in [2.45, 2.75) is 33.6 Å². The first-order valence-corrected chi connectivity index (χ1v) is 11.7. The zero-order valence-electron chi connectivity index (χ0n) is 19.8. The van der Waals surface area contributed by atoms with Gasteiger partial charge in [-0.15, -0.1) is 0 Å². The van der Waals surface area contributed by atoms with Gasteiger partial charge in [-0.05, 0) is 69.0 Å². The summed E-state index contributed by atoms with van der Waals surface area (Å²) < 4.78 is 3.74. The summed E-state index contributed by atoms with van der Waals surface area (Å²) in [5.41, 5.74) is 7.47. The van der Waals surface area contributed by atoms with Crippen LogP contribution in [0.3, 0.4) is 0 Å². The van der Waals surface area contributed by atoms with Crippen molar-refractivity contribution < 1.29 is 4.79 Å². The number of Topliss-reactive ketones (excluding diaryl/α,β-unsaturated/α-hetero) is 1. The van der Waals surface area contributed by atoms with Crippen LogP contribution in [-0.4, -0.2) is 25.3 Å². The van der Waals surface area contributed by atoms with Crippen molar-refractivity contribution in [1.29, 1.82) is 0 Å². The summed E-state index contributed by atoms with van der Waals surface area (Å²) in [7, 11) is 0. The molecule has 2 heterocycles. The molecule has 0 bridgehead atoms. The molecule has 0 radical (unpaired) electrons. The average Bonchev–Trinajstić information content (AvgIpc) is 3.40. The Balaban J connectivity index is 1.46. The van der Waals surface area contributed by atoms with Gasteiger partial charge >= 0.3 is 0 Å². The van der Waals surface area contributed by atoms with E-state index in [0.29, 0.717) is 5.92 Å². The quantitative estimate of drug-likeness (QED) is 0.352. The topological polar surface area (TPSA) is 52.7 Å². The summed E-state index contributed by atoms with van der Waals surface area (Å²) in [6.45, 7) is 6.18. The Morgan fingerprint density at radius 1 is 0.735 bits per heavy atom. The van der Waals surface area contributed by atoms with E-state index in [0.717, 1.165) is 57.9 Å². The molecule has 0 aliphatic heterocycles. The number of aromatic nitrogens is 4. The minimum atomic E-state index is 0.122. The Bertz CT molecular complexity index is 1280. The third-order valence-electron chi connectivity index (χ3n) is 6.29. The van der Waals surface area contributed by atoms with E-state index in [1.54, 1.807) is 0 Å². The third-order valence-corrected chi connectivity index (χ3v) is 6.29. The Labute approximate surface area is 200 Å². The number of carbonyl (C=O) groups excluding carboxylic acids is 1. The van der Waals surface area contributed by atoms with Gasteiger partial charge in [-0.2, -0.15) is 10.2 Å². The fourth-order valence-corrected chi connectivity index (χ4v) is 4.50. The highest BCUT2D eigenvalue weighted by Crippen LogP contribution is 2.33. The summed E-state index contributed by atoms with van der Waals surface area (Å²) >= 11 is 0. The summed E-state index contributed by atoms with van der Waals surface area (Å²) in [6, 6.07) is 20.1. The van der Waals surface area contributed by atoms with Crippen molar-refractivity contribution in [1.82, 2.24) is 19.6 Å². The van der Waals surface area contributed by atoms with Crippen LogP contribution in [0.25, 0.3) is 23.5 Å². The lowest BCUT2D eigenvalue weighted by Crippen LogP contribution is -2.18. The molecular formula is C29H28N4O. The van der Waals surface area contributed by atoms with Crippen LogP contribution in [-0.2, 0) is 4.79 Å². The maximum absolute atomic E-state index is 13.5. The summed E-state index contributed by atoms with van der Waals surface area (Å²) in [6.07, 6.45) is 9.59. The van der Waals surface area contributed by atoms with E-state index in [4.69, 9.17) is 0 Å². The number of para-hydroxylation sites is 2. The van der Waals surface area contributed by atoms with Gasteiger partial charge in [0.15, 0.2) is 5.78 Å². The van der Waals surface area contributed by atoms with Crippen LogP contribution >= 0.6 is 0 Å². The lowest BCUT2D eigenvalue weighted by Gasteiger charge is -2.22. The lowest BCUT2D eigenvalue weighted by atomic mass is 9.81. The first kappa shape index (κ1) is 21.8. The fraction of sp³-hybridized carbons (Fsp3) is 0.207. The zero-order valence-corrected chi connectivity index (χ0v) is 19.8. The molecule has 1 aliphatic carbocycles. The molecule has 4 aromatic rings. The van der Waals surface area contributed by atoms with Gasteiger partial charge in [-0.1, -0.05) is 43.3 Å². The molecule has 0 saturated heterocycles. The largest absolute Gasteiger partial charge is 0.289 e. The molecule has 2 aromatic carbocycles. The van der Waals surface area contributed by atoms with E-state index in [-0.39, 0.29) is 5.78 Å². The molecule has 5 heteroatoms. The highest BCUT2D eigenvalue weighted by molar-refractivity contribution is 6.14. The van der Waals surface area contributed by atoms with E-state index in [1.807, 2.05) is 108 Å². The van der Waals surface area contributed by atoms with E-state index >= 15 is 0 Å². The normalized spacial score (nSPS) is 18.7. The monoisotopic (exact) mass is 448 g/mol. The molecule has 1 fully saturated rings. The van der Waals surface area contributed by atoms with Crippen molar-refractivity contribution in [2.75, 3.05) is 0 Å². The van der Waals surface area contributed by atoms with Crippen molar-refractivity contribution in [3.63, 3.8) is 0 Å². The molecule has 170 valence electrons. The molecule has 0 amide bonds. The second-order valence-electron chi connectivity index (χ2n) is 9.08. The fourth-order valence-electron chi connectivity index (χ4n) is 4.50. The molecule has 1 aliphatic rings. The van der Waals surface area contributed by atoms with Crippen molar-refractivity contribution in [3.8, 4) is 11.4 Å². The highest BCUT2D eigenvalue weighted by atomic mass is 16.1. The smallest absolute Gasteiger partial charge is 0.185 e. The van der Waals surface area contributed by atoms with Gasteiger partial charge in [0.1, 0.15) is 0 Å². The summed E-state index contributed by atoms with van der Waals surface area (Å²) in [5.74, 6) is 0.515. The molecule has 5 rings (SSSR count). The van der Waals surface area contributed by atoms with Crippen LogP contribution < -0.4 is 0 Å². The van der Waals surface area contributed by atoms with Crippen LogP contribution in [0, 0.1) is 19.8 Å². The minimum Gasteiger partial charge on any atom is -0.289 e. The van der Waals surface area contributed by atoms with E-state index in [9.17, 15) is 4.79 Å². The molecular weight excluding hydrogens is 420 g/mol. The van der Waals surface area contributed by atoms with Gasteiger partial charge in [0.2, 0.25) is 0 Å². The predicted molar refractivity (Wildman–Crippen MR) is 136 cm³/mol. The highest BCUT2D eigenvalue weighted by Gasteiger charge is 2.26. The molecule has 0 N–H and O–H groups in total. The Morgan fingerprint density at radius 3 is 1.56 bits per heavy atom. The number of carbonyl (C=O) groups is 1. The Kier molecular flexibility index (Phi) is 5.84. The van der Waals surface area contributed by atoms with E-state index in [2.05, 4.69) is 17.1 Å². The number of allylic oxidation sites excluding steroid dienone is 2. The van der Waals surface area contributed by atoms with Crippen LogP contribution in [0.2, 0.25) is 0 Å². The number of hydrogen-bond donors (Lipinski definition) is 0. The van der Waals surface area contributed by atoms with Crippen LogP contribution in [0.1, 0.15) is 42.3 Å². The van der Waals surface area contributed by atoms with Crippen LogP contribution in [0.15, 0.2) is 84.2 Å². The second-order valence-corrected chi connectivity index (χ2v) is 9.08. The van der Waals surface area contributed by atoms with Crippen LogP contribution in [0.4, 0.5) is 0 Å². The van der Waals surface area contributed by atoms with Gasteiger partial charge in [-0.3, -0.25) is 4.79 Å². The molecule has 1 saturated carbocycles. The molecule has 2 aromatic heterocycles. The van der Waals surface area contributed by atoms with Gasteiger partial charge in [0, 0.05) is 34.7 Å². The Morgan fingerprint density at radius 2 is 1.15 bits per heavy atom. The summed E-state index contributed by atoms with van der Waals surface area (Å²) in [4.78, 5) is 13.5.